The topological polar surface area (TPSA) is 87.7 Å². The summed E-state index contributed by atoms with van der Waals surface area (Å²) in [6.45, 7) is 0. The van der Waals surface area contributed by atoms with Gasteiger partial charge in [0, 0.05) is 40.2 Å². The maximum absolute atomic E-state index is 13.3. The van der Waals surface area contributed by atoms with E-state index in [0.29, 0.717) is 27.3 Å². The van der Waals surface area contributed by atoms with Crippen molar-refractivity contribution in [3.8, 4) is 22.4 Å². The summed E-state index contributed by atoms with van der Waals surface area (Å²) in [4.78, 5) is 37.9. The molecule has 0 atom stereocenters. The highest BCUT2D eigenvalue weighted by Gasteiger charge is 2.22. The standard InChI is InChI=1S/C29H23ClN4O2/c30-24-14-19(13-18-9-6-12-31-27(18)24)21-15-22-23(29(36)32-20-10-4-5-11-20)16-25(35)33-28(22)34-26(21)17-7-2-1-3-8-17/h1-3,6-9,12-16,20H,4-5,10-11H2,(H,32,36)(H,33,34,35). The Labute approximate surface area is 212 Å². The van der Waals surface area contributed by atoms with Crippen molar-refractivity contribution < 1.29 is 4.79 Å². The monoisotopic (exact) mass is 494 g/mol. The third-order valence-corrected chi connectivity index (χ3v) is 7.07. The number of rotatable bonds is 4. The third kappa shape index (κ3) is 4.14. The van der Waals surface area contributed by atoms with Crippen LogP contribution in [0.2, 0.25) is 5.02 Å². The van der Waals surface area contributed by atoms with Crippen molar-refractivity contribution in [3.05, 3.63) is 93.9 Å². The molecule has 5 aromatic rings. The number of carbonyl (C=O) groups excluding carboxylic acids is 1. The van der Waals surface area contributed by atoms with Crippen LogP contribution in [0.5, 0.6) is 0 Å². The first-order chi connectivity index (χ1) is 17.6. The molecule has 2 aromatic carbocycles. The van der Waals surface area contributed by atoms with E-state index in [1.54, 1.807) is 6.20 Å². The van der Waals surface area contributed by atoms with Gasteiger partial charge in [-0.2, -0.15) is 0 Å². The maximum Gasteiger partial charge on any atom is 0.252 e. The molecule has 2 N–H and O–H groups in total. The maximum atomic E-state index is 13.3. The molecule has 0 bridgehead atoms. The smallest absolute Gasteiger partial charge is 0.252 e. The van der Waals surface area contributed by atoms with Gasteiger partial charge in [-0.15, -0.1) is 0 Å². The fourth-order valence-corrected chi connectivity index (χ4v) is 5.31. The molecule has 0 aliphatic heterocycles. The fourth-order valence-electron chi connectivity index (χ4n) is 5.04. The van der Waals surface area contributed by atoms with Crippen LogP contribution in [0.4, 0.5) is 0 Å². The third-order valence-electron chi connectivity index (χ3n) is 6.78. The lowest BCUT2D eigenvalue weighted by molar-refractivity contribution is 0.0939. The average molecular weight is 495 g/mol. The SMILES string of the molecule is O=C(NC1CCCC1)c1cc(=O)[nH]c2nc(-c3ccccc3)c(-c3cc(Cl)c4ncccc4c3)cc12. The lowest BCUT2D eigenvalue weighted by atomic mass is 9.95. The van der Waals surface area contributed by atoms with E-state index in [-0.39, 0.29) is 17.5 Å². The summed E-state index contributed by atoms with van der Waals surface area (Å²) in [5.41, 5.74) is 4.28. The minimum atomic E-state index is -0.363. The van der Waals surface area contributed by atoms with Crippen molar-refractivity contribution in [2.24, 2.45) is 0 Å². The number of aromatic nitrogens is 3. The van der Waals surface area contributed by atoms with Gasteiger partial charge in [0.25, 0.3) is 5.91 Å². The molecule has 36 heavy (non-hydrogen) atoms. The number of hydrogen-bond donors (Lipinski definition) is 2. The van der Waals surface area contributed by atoms with Crippen LogP contribution in [0, 0.1) is 0 Å². The zero-order valence-corrected chi connectivity index (χ0v) is 20.2. The first-order valence-corrected chi connectivity index (χ1v) is 12.4. The lowest BCUT2D eigenvalue weighted by Crippen LogP contribution is -2.33. The van der Waals surface area contributed by atoms with Gasteiger partial charge in [0.05, 0.1) is 21.8 Å². The summed E-state index contributed by atoms with van der Waals surface area (Å²) in [6, 6.07) is 20.9. The lowest BCUT2D eigenvalue weighted by Gasteiger charge is -2.16. The molecule has 178 valence electrons. The number of fused-ring (bicyclic) bond motifs is 2. The second-order valence-electron chi connectivity index (χ2n) is 9.18. The zero-order valence-electron chi connectivity index (χ0n) is 19.4. The highest BCUT2D eigenvalue weighted by molar-refractivity contribution is 6.35. The van der Waals surface area contributed by atoms with Crippen LogP contribution in [0.15, 0.2) is 77.7 Å². The molecule has 3 aromatic heterocycles. The molecular weight excluding hydrogens is 472 g/mol. The van der Waals surface area contributed by atoms with Crippen LogP contribution < -0.4 is 10.9 Å². The van der Waals surface area contributed by atoms with E-state index >= 15 is 0 Å². The van der Waals surface area contributed by atoms with Crippen LogP contribution in [0.1, 0.15) is 36.0 Å². The molecule has 1 saturated carbocycles. The van der Waals surface area contributed by atoms with Crippen molar-refractivity contribution in [2.75, 3.05) is 0 Å². The van der Waals surface area contributed by atoms with Gasteiger partial charge in [-0.3, -0.25) is 14.6 Å². The number of hydrogen-bond acceptors (Lipinski definition) is 4. The summed E-state index contributed by atoms with van der Waals surface area (Å²) in [5.74, 6) is -0.251. The number of halogens is 1. The number of aromatic amines is 1. The van der Waals surface area contributed by atoms with Crippen molar-refractivity contribution in [3.63, 3.8) is 0 Å². The summed E-state index contributed by atoms with van der Waals surface area (Å²) in [7, 11) is 0. The number of carbonyl (C=O) groups is 1. The van der Waals surface area contributed by atoms with E-state index in [2.05, 4.69) is 15.3 Å². The first kappa shape index (κ1) is 22.4. The van der Waals surface area contributed by atoms with Crippen LogP contribution in [0.25, 0.3) is 44.3 Å². The average Bonchev–Trinajstić information content (AvgIpc) is 3.41. The van der Waals surface area contributed by atoms with E-state index in [0.717, 1.165) is 53.3 Å². The van der Waals surface area contributed by atoms with Crippen molar-refractivity contribution >= 4 is 39.4 Å². The predicted octanol–water partition coefficient (Wildman–Crippen LogP) is 6.13. The number of nitrogens with zero attached hydrogens (tertiary/aromatic N) is 2. The van der Waals surface area contributed by atoms with Gasteiger partial charge in [-0.05, 0) is 42.7 Å². The highest BCUT2D eigenvalue weighted by Crippen LogP contribution is 2.37. The van der Waals surface area contributed by atoms with E-state index in [4.69, 9.17) is 16.6 Å². The van der Waals surface area contributed by atoms with E-state index in [9.17, 15) is 9.59 Å². The van der Waals surface area contributed by atoms with Gasteiger partial charge in [0.2, 0.25) is 5.56 Å². The molecule has 1 amide bonds. The molecule has 1 aliphatic rings. The van der Waals surface area contributed by atoms with Gasteiger partial charge in [-0.1, -0.05) is 60.8 Å². The largest absolute Gasteiger partial charge is 0.349 e. The Bertz CT molecular complexity index is 1670. The Balaban J connectivity index is 1.60. The molecule has 0 spiro atoms. The van der Waals surface area contributed by atoms with Gasteiger partial charge in [0.1, 0.15) is 5.65 Å². The summed E-state index contributed by atoms with van der Waals surface area (Å²) >= 11 is 6.63. The summed E-state index contributed by atoms with van der Waals surface area (Å²) in [6.07, 6.45) is 5.83. The van der Waals surface area contributed by atoms with Crippen LogP contribution >= 0.6 is 11.6 Å². The Hall–Kier alpha value is -4.03. The van der Waals surface area contributed by atoms with Crippen LogP contribution in [0.3, 0.4) is 0 Å². The van der Waals surface area contributed by atoms with Crippen LogP contribution in [-0.4, -0.2) is 26.9 Å². The number of H-pyrrole nitrogens is 1. The first-order valence-electron chi connectivity index (χ1n) is 12.1. The van der Waals surface area contributed by atoms with Gasteiger partial charge in [0.15, 0.2) is 0 Å². The van der Waals surface area contributed by atoms with Gasteiger partial charge < -0.3 is 10.3 Å². The van der Waals surface area contributed by atoms with E-state index < -0.39 is 0 Å². The van der Waals surface area contributed by atoms with Crippen molar-refractivity contribution in [2.45, 2.75) is 31.7 Å². The minimum absolute atomic E-state index is 0.134. The summed E-state index contributed by atoms with van der Waals surface area (Å²) < 4.78 is 0. The number of pyridine rings is 3. The number of nitrogens with one attached hydrogen (secondary N) is 2. The normalized spacial score (nSPS) is 13.9. The molecule has 1 aliphatic carbocycles. The van der Waals surface area contributed by atoms with Crippen molar-refractivity contribution in [1.29, 1.82) is 0 Å². The number of amides is 1. The second kappa shape index (κ2) is 9.21. The highest BCUT2D eigenvalue weighted by atomic mass is 35.5. The van der Waals surface area contributed by atoms with Crippen molar-refractivity contribution in [1.82, 2.24) is 20.3 Å². The molecule has 0 unspecified atom stereocenters. The minimum Gasteiger partial charge on any atom is -0.349 e. The van der Waals surface area contributed by atoms with Gasteiger partial charge >= 0.3 is 0 Å². The summed E-state index contributed by atoms with van der Waals surface area (Å²) in [5, 5.41) is 5.12. The molecule has 0 saturated heterocycles. The molecule has 1 fully saturated rings. The van der Waals surface area contributed by atoms with Gasteiger partial charge in [-0.25, -0.2) is 4.98 Å². The molecule has 3 heterocycles. The Morgan fingerprint density at radius 1 is 0.972 bits per heavy atom. The molecule has 7 heteroatoms. The molecule has 0 radical (unpaired) electrons. The Kier molecular flexibility index (Phi) is 5.74. The van der Waals surface area contributed by atoms with E-state index in [1.165, 1.54) is 6.07 Å². The Morgan fingerprint density at radius 3 is 2.58 bits per heavy atom. The predicted molar refractivity (Wildman–Crippen MR) is 143 cm³/mol. The fraction of sp³-hybridized carbons (Fsp3) is 0.172. The Morgan fingerprint density at radius 2 is 1.78 bits per heavy atom. The molecule has 6 nitrogen and oxygen atoms in total. The molecule has 6 rings (SSSR count). The van der Waals surface area contributed by atoms with Crippen LogP contribution in [-0.2, 0) is 0 Å². The number of benzene rings is 2. The zero-order chi connectivity index (χ0) is 24.6. The molecular formula is C29H23ClN4O2. The van der Waals surface area contributed by atoms with E-state index in [1.807, 2.05) is 60.7 Å². The quantitative estimate of drug-likeness (QED) is 0.314. The second-order valence-corrected chi connectivity index (χ2v) is 9.59.